The minimum absolute atomic E-state index is 0.0296. The Labute approximate surface area is 112 Å². The zero-order valence-electron chi connectivity index (χ0n) is 12.4. The van der Waals surface area contributed by atoms with E-state index in [0.29, 0.717) is 11.7 Å². The first-order chi connectivity index (χ1) is 8.49. The zero-order valence-corrected chi connectivity index (χ0v) is 12.4. The summed E-state index contributed by atoms with van der Waals surface area (Å²) in [6, 6.07) is 0. The van der Waals surface area contributed by atoms with Gasteiger partial charge in [0, 0.05) is 5.41 Å². The second-order valence-corrected chi connectivity index (χ2v) is 7.70. The highest BCUT2D eigenvalue weighted by molar-refractivity contribution is 5.83. The minimum Gasteiger partial charge on any atom is -0.299 e. The van der Waals surface area contributed by atoms with Crippen molar-refractivity contribution in [2.45, 2.75) is 59.8 Å². The molecule has 0 aromatic carbocycles. The van der Waals surface area contributed by atoms with Crippen molar-refractivity contribution in [3.8, 4) is 0 Å². The van der Waals surface area contributed by atoms with Crippen LogP contribution in [0.25, 0.3) is 0 Å². The van der Waals surface area contributed by atoms with Crippen molar-refractivity contribution in [2.75, 3.05) is 0 Å². The van der Waals surface area contributed by atoms with Crippen LogP contribution in [-0.2, 0) is 4.79 Å². The van der Waals surface area contributed by atoms with Crippen LogP contribution < -0.4 is 0 Å². The van der Waals surface area contributed by atoms with Crippen LogP contribution >= 0.6 is 0 Å². The summed E-state index contributed by atoms with van der Waals surface area (Å²) in [5.41, 5.74) is 0.0296. The van der Waals surface area contributed by atoms with Crippen LogP contribution in [0, 0.1) is 40.9 Å². The third-order valence-corrected chi connectivity index (χ3v) is 6.85. The van der Waals surface area contributed by atoms with E-state index in [4.69, 9.17) is 0 Å². The molecule has 0 heterocycles. The Bertz CT molecular complexity index is 361. The number of Topliss-reactive ketones (excluding diaryl/α,β-unsaturated/α-hetero) is 1. The molecule has 7 unspecified atom stereocenters. The Hall–Kier alpha value is -0.330. The van der Waals surface area contributed by atoms with Gasteiger partial charge in [0.05, 0.1) is 0 Å². The number of carbonyl (C=O) groups is 1. The van der Waals surface area contributed by atoms with E-state index in [1.807, 2.05) is 6.92 Å². The highest BCUT2D eigenvalue weighted by Gasteiger charge is 2.64. The molecular weight excluding hydrogens is 220 g/mol. The van der Waals surface area contributed by atoms with Gasteiger partial charge in [0.1, 0.15) is 5.78 Å². The van der Waals surface area contributed by atoms with Gasteiger partial charge in [0.15, 0.2) is 0 Å². The van der Waals surface area contributed by atoms with E-state index in [1.54, 1.807) is 0 Å². The second-order valence-electron chi connectivity index (χ2n) is 7.70. The average molecular weight is 248 g/mol. The summed E-state index contributed by atoms with van der Waals surface area (Å²) >= 11 is 0. The molecule has 0 amide bonds. The maximum absolute atomic E-state index is 12.1. The molecule has 0 aromatic rings. The largest absolute Gasteiger partial charge is 0.299 e. The quantitative estimate of drug-likeness (QED) is 0.727. The topological polar surface area (TPSA) is 17.1 Å². The van der Waals surface area contributed by atoms with E-state index in [1.165, 1.54) is 32.1 Å². The van der Waals surface area contributed by atoms with Gasteiger partial charge in [-0.25, -0.2) is 0 Å². The van der Waals surface area contributed by atoms with Crippen molar-refractivity contribution in [3.63, 3.8) is 0 Å². The first-order valence-corrected chi connectivity index (χ1v) is 8.00. The molecule has 3 saturated carbocycles. The monoisotopic (exact) mass is 248 g/mol. The summed E-state index contributed by atoms with van der Waals surface area (Å²) in [7, 11) is 0. The van der Waals surface area contributed by atoms with Gasteiger partial charge in [-0.05, 0) is 61.7 Å². The Morgan fingerprint density at radius 1 is 1.28 bits per heavy atom. The van der Waals surface area contributed by atoms with Gasteiger partial charge in [-0.2, -0.15) is 0 Å². The van der Waals surface area contributed by atoms with E-state index in [-0.39, 0.29) is 5.41 Å². The molecular formula is C17H28O. The van der Waals surface area contributed by atoms with Crippen molar-refractivity contribution in [2.24, 2.45) is 40.9 Å². The summed E-state index contributed by atoms with van der Waals surface area (Å²) in [4.78, 5) is 12.1. The maximum Gasteiger partial charge on any atom is 0.135 e. The number of fused-ring (bicyclic) bond motifs is 5. The Morgan fingerprint density at radius 3 is 2.61 bits per heavy atom. The van der Waals surface area contributed by atoms with E-state index >= 15 is 0 Å². The fourth-order valence-corrected chi connectivity index (χ4v) is 6.19. The van der Waals surface area contributed by atoms with Gasteiger partial charge in [-0.1, -0.05) is 33.6 Å². The number of hydrogen-bond donors (Lipinski definition) is 0. The van der Waals surface area contributed by atoms with Gasteiger partial charge >= 0.3 is 0 Å². The number of rotatable bonds is 3. The van der Waals surface area contributed by atoms with E-state index in [9.17, 15) is 4.79 Å². The van der Waals surface area contributed by atoms with Crippen LogP contribution in [0.5, 0.6) is 0 Å². The molecule has 3 rings (SSSR count). The van der Waals surface area contributed by atoms with Crippen molar-refractivity contribution < 1.29 is 4.79 Å². The molecule has 0 spiro atoms. The van der Waals surface area contributed by atoms with Crippen molar-refractivity contribution in [1.82, 2.24) is 0 Å². The molecule has 0 aliphatic heterocycles. The summed E-state index contributed by atoms with van der Waals surface area (Å²) in [6.07, 6.45) is 6.69. The smallest absolute Gasteiger partial charge is 0.135 e. The predicted molar refractivity (Wildman–Crippen MR) is 74.2 cm³/mol. The minimum atomic E-state index is 0.0296. The molecule has 0 radical (unpaired) electrons. The summed E-state index contributed by atoms with van der Waals surface area (Å²) in [5.74, 6) is 5.72. The summed E-state index contributed by atoms with van der Waals surface area (Å²) in [5, 5.41) is 0. The molecule has 1 heteroatoms. The number of hydrogen-bond acceptors (Lipinski definition) is 1. The SMILES string of the molecule is CCCC1CC(C)C2C3CC(C12)C(C)(C(C)=O)C3. The van der Waals surface area contributed by atoms with Crippen LogP contribution in [0.15, 0.2) is 0 Å². The van der Waals surface area contributed by atoms with Gasteiger partial charge in [-0.15, -0.1) is 0 Å². The normalized spacial score (nSPS) is 53.8. The van der Waals surface area contributed by atoms with Crippen LogP contribution in [-0.4, -0.2) is 5.78 Å². The first-order valence-electron chi connectivity index (χ1n) is 8.00. The van der Waals surface area contributed by atoms with E-state index < -0.39 is 0 Å². The van der Waals surface area contributed by atoms with Crippen LogP contribution in [0.2, 0.25) is 0 Å². The lowest BCUT2D eigenvalue weighted by Crippen LogP contribution is -2.40. The molecule has 0 saturated heterocycles. The molecule has 0 N–H and O–H groups in total. The van der Waals surface area contributed by atoms with E-state index in [2.05, 4.69) is 20.8 Å². The lowest BCUT2D eigenvalue weighted by molar-refractivity contribution is -0.130. The number of ketones is 1. The van der Waals surface area contributed by atoms with Crippen molar-refractivity contribution in [1.29, 1.82) is 0 Å². The molecule has 102 valence electrons. The van der Waals surface area contributed by atoms with Crippen molar-refractivity contribution >= 4 is 5.78 Å². The molecule has 0 aromatic heterocycles. The van der Waals surface area contributed by atoms with Gasteiger partial charge in [0.25, 0.3) is 0 Å². The predicted octanol–water partition coefficient (Wildman–Crippen LogP) is 4.31. The fraction of sp³-hybridized carbons (Fsp3) is 0.941. The molecule has 2 bridgehead atoms. The maximum atomic E-state index is 12.1. The average Bonchev–Trinajstić information content (AvgIpc) is 2.91. The van der Waals surface area contributed by atoms with Gasteiger partial charge in [-0.3, -0.25) is 4.79 Å². The Balaban J connectivity index is 1.89. The van der Waals surface area contributed by atoms with Crippen LogP contribution in [0.4, 0.5) is 0 Å². The Morgan fingerprint density at radius 2 is 2.00 bits per heavy atom. The van der Waals surface area contributed by atoms with E-state index in [0.717, 1.165) is 29.6 Å². The second kappa shape index (κ2) is 4.08. The third-order valence-electron chi connectivity index (χ3n) is 6.85. The lowest BCUT2D eigenvalue weighted by Gasteiger charge is -2.41. The third kappa shape index (κ3) is 1.48. The highest BCUT2D eigenvalue weighted by Crippen LogP contribution is 2.68. The van der Waals surface area contributed by atoms with Crippen molar-refractivity contribution in [3.05, 3.63) is 0 Å². The standard InChI is InChI=1S/C17H28O/c1-5-6-12-7-10(2)15-13-8-14(16(12)15)17(4,9-13)11(3)18/h10,12-16H,5-9H2,1-4H3. The molecule has 7 atom stereocenters. The molecule has 3 aliphatic carbocycles. The highest BCUT2D eigenvalue weighted by atomic mass is 16.1. The zero-order chi connectivity index (χ0) is 13.1. The van der Waals surface area contributed by atoms with Gasteiger partial charge in [0.2, 0.25) is 0 Å². The molecule has 3 aliphatic rings. The fourth-order valence-electron chi connectivity index (χ4n) is 6.19. The summed E-state index contributed by atoms with van der Waals surface area (Å²) < 4.78 is 0. The number of carbonyl (C=O) groups excluding carboxylic acids is 1. The lowest BCUT2D eigenvalue weighted by atomic mass is 9.62. The molecule has 3 fully saturated rings. The van der Waals surface area contributed by atoms with Crippen LogP contribution in [0.1, 0.15) is 59.8 Å². The van der Waals surface area contributed by atoms with Crippen LogP contribution in [0.3, 0.4) is 0 Å². The van der Waals surface area contributed by atoms with Gasteiger partial charge < -0.3 is 0 Å². The summed E-state index contributed by atoms with van der Waals surface area (Å²) in [6.45, 7) is 8.89. The molecule has 18 heavy (non-hydrogen) atoms. The molecule has 1 nitrogen and oxygen atoms in total. The first kappa shape index (κ1) is 12.7. The Kier molecular flexibility index (Phi) is 2.88.